The lowest BCUT2D eigenvalue weighted by Gasteiger charge is -2.24. The zero-order valence-corrected chi connectivity index (χ0v) is 19.2. The van der Waals surface area contributed by atoms with Crippen molar-refractivity contribution in [2.45, 2.75) is 32.3 Å². The Morgan fingerprint density at radius 3 is 2.71 bits per heavy atom. The van der Waals surface area contributed by atoms with Crippen LogP contribution in [0.2, 0.25) is 0 Å². The minimum atomic E-state index is -0.413. The summed E-state index contributed by atoms with van der Waals surface area (Å²) in [7, 11) is 0. The molecule has 0 saturated heterocycles. The Balaban J connectivity index is 1.60. The van der Waals surface area contributed by atoms with E-state index in [1.165, 1.54) is 4.68 Å². The number of hydrogen-bond acceptors (Lipinski definition) is 7. The van der Waals surface area contributed by atoms with Crippen molar-refractivity contribution in [1.29, 1.82) is 5.41 Å². The largest absolute Gasteiger partial charge is 0.467 e. The first kappa shape index (κ1) is 22.5. The highest BCUT2D eigenvalue weighted by atomic mass is 16.7. The minimum Gasteiger partial charge on any atom is -0.467 e. The van der Waals surface area contributed by atoms with Gasteiger partial charge in [0.25, 0.3) is 5.95 Å². The molecule has 1 atom stereocenters. The first-order valence-electron chi connectivity index (χ1n) is 11.3. The lowest BCUT2D eigenvalue weighted by molar-refractivity contribution is -0.0170. The molecule has 178 valence electrons. The summed E-state index contributed by atoms with van der Waals surface area (Å²) in [5.41, 5.74) is 9.89. The Labute approximate surface area is 201 Å². The van der Waals surface area contributed by atoms with E-state index in [2.05, 4.69) is 39.1 Å². The maximum atomic E-state index is 12.8. The average molecular weight is 472 g/mol. The number of H-pyrrole nitrogens is 1. The van der Waals surface area contributed by atoms with Gasteiger partial charge in [-0.25, -0.2) is 14.8 Å². The molecule has 4 N–H and O–H groups in total. The highest BCUT2D eigenvalue weighted by molar-refractivity contribution is 5.94. The number of nitrogen functional groups attached to an aromatic ring is 1. The van der Waals surface area contributed by atoms with Crippen molar-refractivity contribution in [3.8, 4) is 11.7 Å². The Bertz CT molecular complexity index is 1390. The van der Waals surface area contributed by atoms with Crippen molar-refractivity contribution in [2.75, 3.05) is 6.79 Å². The Kier molecular flexibility index (Phi) is 6.11. The molecule has 3 heterocycles. The molecule has 0 radical (unpaired) electrons. The van der Waals surface area contributed by atoms with E-state index < -0.39 is 5.69 Å². The van der Waals surface area contributed by atoms with Gasteiger partial charge in [-0.1, -0.05) is 37.3 Å². The van der Waals surface area contributed by atoms with E-state index >= 15 is 0 Å². The van der Waals surface area contributed by atoms with Gasteiger partial charge in [0.05, 0.1) is 6.61 Å². The van der Waals surface area contributed by atoms with Crippen LogP contribution in [0, 0.1) is 5.41 Å². The molecule has 0 fully saturated rings. The fourth-order valence-corrected chi connectivity index (χ4v) is 4.25. The van der Waals surface area contributed by atoms with Gasteiger partial charge in [-0.15, -0.1) is 9.78 Å². The van der Waals surface area contributed by atoms with Gasteiger partial charge in [0.15, 0.2) is 6.79 Å². The zero-order valence-electron chi connectivity index (χ0n) is 19.2. The number of benzene rings is 2. The van der Waals surface area contributed by atoms with Crippen LogP contribution in [0.4, 0.5) is 0 Å². The summed E-state index contributed by atoms with van der Waals surface area (Å²) in [6.07, 6.45) is 4.48. The molecule has 4 aromatic rings. The smallest absolute Gasteiger partial charge is 0.350 e. The van der Waals surface area contributed by atoms with Gasteiger partial charge in [-0.3, -0.25) is 10.4 Å². The van der Waals surface area contributed by atoms with Gasteiger partial charge in [-0.2, -0.15) is 0 Å². The summed E-state index contributed by atoms with van der Waals surface area (Å²) < 4.78 is 12.5. The summed E-state index contributed by atoms with van der Waals surface area (Å²) in [6.45, 7) is 2.77. The van der Waals surface area contributed by atoms with Crippen molar-refractivity contribution in [1.82, 2.24) is 24.7 Å². The van der Waals surface area contributed by atoms with Gasteiger partial charge in [0, 0.05) is 29.4 Å². The number of fused-ring (bicyclic) bond motifs is 1. The Morgan fingerprint density at radius 2 is 2.00 bits per heavy atom. The van der Waals surface area contributed by atoms with Crippen LogP contribution in [0.15, 0.2) is 59.7 Å². The van der Waals surface area contributed by atoms with Gasteiger partial charge < -0.3 is 15.2 Å². The number of rotatable bonds is 7. The number of hydrogen-bond donors (Lipinski definition) is 3. The fourth-order valence-electron chi connectivity index (χ4n) is 4.25. The summed E-state index contributed by atoms with van der Waals surface area (Å²) in [5, 5.41) is 12.2. The molecule has 0 aliphatic carbocycles. The second-order valence-electron chi connectivity index (χ2n) is 8.28. The molecular formula is C25H25N7O3. The predicted molar refractivity (Wildman–Crippen MR) is 129 cm³/mol. The van der Waals surface area contributed by atoms with E-state index in [0.29, 0.717) is 24.4 Å². The van der Waals surface area contributed by atoms with Crippen LogP contribution in [0.3, 0.4) is 0 Å². The second kappa shape index (κ2) is 9.51. The predicted octanol–water partition coefficient (Wildman–Crippen LogP) is 2.44. The maximum Gasteiger partial charge on any atom is 0.350 e. The first-order valence-corrected chi connectivity index (χ1v) is 11.3. The maximum absolute atomic E-state index is 12.8. The number of aryl methyl sites for hydroxylation is 1. The van der Waals surface area contributed by atoms with Crippen LogP contribution >= 0.6 is 0 Å². The first-order chi connectivity index (χ1) is 17.0. The topological polar surface area (TPSA) is 145 Å². The SMILES string of the molecule is CCc1cc(C(Cc2ccc(C(=N)N)cc2)c2nn(-c3ncccn3)c(=O)[nH]2)cc2c1OCOC2. The third kappa shape index (κ3) is 4.56. The van der Waals surface area contributed by atoms with Gasteiger partial charge in [0.2, 0.25) is 0 Å². The van der Waals surface area contributed by atoms with Crippen LogP contribution in [-0.4, -0.2) is 37.4 Å². The van der Waals surface area contributed by atoms with E-state index in [4.69, 9.17) is 20.6 Å². The van der Waals surface area contributed by atoms with Crippen molar-refractivity contribution in [3.05, 3.63) is 99.0 Å². The number of amidine groups is 1. The highest BCUT2D eigenvalue weighted by Crippen LogP contribution is 2.35. The molecule has 10 nitrogen and oxygen atoms in total. The molecule has 1 aliphatic heterocycles. The molecule has 0 bridgehead atoms. The van der Waals surface area contributed by atoms with Gasteiger partial charge in [0.1, 0.15) is 17.4 Å². The number of nitrogens with one attached hydrogen (secondary N) is 2. The summed E-state index contributed by atoms with van der Waals surface area (Å²) in [5.74, 6) is 1.31. The van der Waals surface area contributed by atoms with Crippen molar-refractivity contribution in [2.24, 2.45) is 5.73 Å². The average Bonchev–Trinajstić information content (AvgIpc) is 3.28. The lowest BCUT2D eigenvalue weighted by atomic mass is 9.88. The van der Waals surface area contributed by atoms with E-state index in [0.717, 1.165) is 34.4 Å². The molecule has 1 unspecified atom stereocenters. The molecule has 2 aromatic heterocycles. The molecule has 1 aliphatic rings. The number of aromatic amines is 1. The van der Waals surface area contributed by atoms with Gasteiger partial charge in [-0.05, 0) is 41.7 Å². The summed E-state index contributed by atoms with van der Waals surface area (Å²) >= 11 is 0. The number of aromatic nitrogens is 5. The monoisotopic (exact) mass is 471 g/mol. The molecule has 0 spiro atoms. The van der Waals surface area contributed by atoms with Crippen LogP contribution in [0.25, 0.3) is 5.95 Å². The molecule has 35 heavy (non-hydrogen) atoms. The standard InChI is InChI=1S/C25H25N7O3/c1-2-16-11-18(12-19-13-34-14-35-21(16)19)20(10-15-4-6-17(7-5-15)22(26)27)23-30-25(33)32(31-23)24-28-8-3-9-29-24/h3-9,11-12,20H,2,10,13-14H2,1H3,(H3,26,27)(H,30,31,33). The van der Waals surface area contributed by atoms with Crippen LogP contribution < -0.4 is 16.2 Å². The second-order valence-corrected chi connectivity index (χ2v) is 8.28. The van der Waals surface area contributed by atoms with Gasteiger partial charge >= 0.3 is 5.69 Å². The minimum absolute atomic E-state index is 0.0151. The van der Waals surface area contributed by atoms with Crippen LogP contribution in [0.1, 0.15) is 46.5 Å². The molecule has 5 rings (SSSR count). The highest BCUT2D eigenvalue weighted by Gasteiger charge is 2.25. The van der Waals surface area contributed by atoms with E-state index in [1.807, 2.05) is 24.3 Å². The van der Waals surface area contributed by atoms with Crippen molar-refractivity contribution in [3.63, 3.8) is 0 Å². The molecular weight excluding hydrogens is 446 g/mol. The number of nitrogens with zero attached hydrogens (tertiary/aromatic N) is 4. The molecule has 0 amide bonds. The molecule has 2 aromatic carbocycles. The third-order valence-electron chi connectivity index (χ3n) is 6.00. The number of nitrogens with two attached hydrogens (primary N) is 1. The third-order valence-corrected chi connectivity index (χ3v) is 6.00. The fraction of sp³-hybridized carbons (Fsp3) is 0.240. The molecule has 0 saturated carbocycles. The zero-order chi connectivity index (χ0) is 24.4. The quantitative estimate of drug-likeness (QED) is 0.277. The van der Waals surface area contributed by atoms with E-state index in [-0.39, 0.29) is 24.5 Å². The normalized spacial score (nSPS) is 13.6. The van der Waals surface area contributed by atoms with E-state index in [1.54, 1.807) is 18.5 Å². The summed E-state index contributed by atoms with van der Waals surface area (Å²) in [6, 6.07) is 13.3. The Morgan fingerprint density at radius 1 is 1.23 bits per heavy atom. The Hall–Kier alpha value is -4.31. The van der Waals surface area contributed by atoms with Crippen molar-refractivity contribution >= 4 is 5.84 Å². The number of ether oxygens (including phenoxy) is 2. The molecule has 10 heteroatoms. The lowest BCUT2D eigenvalue weighted by Crippen LogP contribution is -2.18. The summed E-state index contributed by atoms with van der Waals surface area (Å²) in [4.78, 5) is 24.0. The van der Waals surface area contributed by atoms with Crippen molar-refractivity contribution < 1.29 is 9.47 Å². The van der Waals surface area contributed by atoms with E-state index in [9.17, 15) is 4.79 Å². The van der Waals surface area contributed by atoms with Crippen LogP contribution in [0.5, 0.6) is 5.75 Å². The van der Waals surface area contributed by atoms with Crippen LogP contribution in [-0.2, 0) is 24.2 Å².